The van der Waals surface area contributed by atoms with E-state index in [4.69, 9.17) is 5.73 Å². The minimum atomic E-state index is -3.22. The number of pyridine rings is 1. The minimum absolute atomic E-state index is 0. The molecule has 1 rings (SSSR count). The fourth-order valence-electron chi connectivity index (χ4n) is 0.821. The van der Waals surface area contributed by atoms with Crippen molar-refractivity contribution >= 4 is 39.7 Å². The van der Waals surface area contributed by atoms with Gasteiger partial charge in [-0.2, -0.15) is 0 Å². The van der Waals surface area contributed by atoms with E-state index < -0.39 is 9.84 Å². The molecule has 0 fully saturated rings. The van der Waals surface area contributed by atoms with Crippen molar-refractivity contribution in [2.75, 3.05) is 17.9 Å². The molecule has 0 atom stereocenters. The van der Waals surface area contributed by atoms with Crippen molar-refractivity contribution in [3.8, 4) is 0 Å². The molecule has 0 aliphatic heterocycles. The molecule has 15 heavy (non-hydrogen) atoms. The number of hydrogen-bond donors (Lipinski definition) is 1. The van der Waals surface area contributed by atoms with Crippen molar-refractivity contribution in [1.29, 1.82) is 0 Å². The third-order valence-electron chi connectivity index (χ3n) is 1.51. The summed E-state index contributed by atoms with van der Waals surface area (Å²) in [5, 5.41) is 0. The van der Waals surface area contributed by atoms with E-state index in [1.54, 1.807) is 13.0 Å². The Kier molecular flexibility index (Phi) is 8.71. The van der Waals surface area contributed by atoms with Crippen LogP contribution in [0.15, 0.2) is 23.2 Å². The fourth-order valence-corrected chi connectivity index (χ4v) is 1.79. The largest absolute Gasteiger partial charge is 0.383 e. The van der Waals surface area contributed by atoms with Crippen LogP contribution in [0.1, 0.15) is 6.92 Å². The van der Waals surface area contributed by atoms with Crippen LogP contribution in [-0.2, 0) is 9.84 Å². The van der Waals surface area contributed by atoms with Gasteiger partial charge in [-0.15, -0.1) is 24.0 Å². The fraction of sp³-hybridized carbons (Fsp3) is 0.375. The maximum atomic E-state index is 11.3. The van der Waals surface area contributed by atoms with E-state index in [1.807, 2.05) is 0 Å². The van der Waals surface area contributed by atoms with E-state index in [1.165, 1.54) is 18.6 Å². The van der Waals surface area contributed by atoms with E-state index in [0.29, 0.717) is 0 Å². The normalized spacial score (nSPS) is 9.53. The second-order valence-electron chi connectivity index (χ2n) is 2.29. The van der Waals surface area contributed by atoms with Crippen molar-refractivity contribution in [3.63, 3.8) is 0 Å². The van der Waals surface area contributed by atoms with Crippen LogP contribution in [-0.4, -0.2) is 25.5 Å². The lowest BCUT2D eigenvalue weighted by Gasteiger charge is -2.02. The summed E-state index contributed by atoms with van der Waals surface area (Å²) in [6.07, 6.45) is 2.93. The van der Waals surface area contributed by atoms with Crippen molar-refractivity contribution in [3.05, 3.63) is 18.3 Å². The maximum absolute atomic E-state index is 11.3. The molecule has 0 saturated carbocycles. The van der Waals surface area contributed by atoms with Crippen LogP contribution in [0.5, 0.6) is 0 Å². The first-order chi connectivity index (χ1) is 6.58. The number of anilines is 1. The molecule has 7 heteroatoms. The van der Waals surface area contributed by atoms with Gasteiger partial charge in [-0.25, -0.2) is 13.4 Å². The zero-order valence-electron chi connectivity index (χ0n) is 8.47. The van der Waals surface area contributed by atoms with Crippen LogP contribution in [0.25, 0.3) is 0 Å². The smallest absolute Gasteiger partial charge is 0.181 e. The lowest BCUT2D eigenvalue weighted by atomic mass is 10.5. The van der Waals surface area contributed by atoms with Gasteiger partial charge in [0.1, 0.15) is 10.7 Å². The van der Waals surface area contributed by atoms with Gasteiger partial charge in [-0.1, -0.05) is 6.92 Å². The van der Waals surface area contributed by atoms with Gasteiger partial charge >= 0.3 is 0 Å². The molecule has 0 radical (unpaired) electrons. The van der Waals surface area contributed by atoms with Crippen molar-refractivity contribution in [1.82, 2.24) is 4.98 Å². The van der Waals surface area contributed by atoms with Crippen LogP contribution in [0.4, 0.5) is 5.82 Å². The van der Waals surface area contributed by atoms with Crippen LogP contribution in [0.2, 0.25) is 0 Å². The summed E-state index contributed by atoms with van der Waals surface area (Å²) in [6.45, 7) is 1.57. The topological polar surface area (TPSA) is 73.0 Å². The zero-order chi connectivity index (χ0) is 11.2. The third kappa shape index (κ3) is 4.68. The van der Waals surface area contributed by atoms with E-state index in [-0.39, 0.29) is 28.9 Å². The van der Waals surface area contributed by atoms with E-state index in [2.05, 4.69) is 16.6 Å². The molecule has 0 aliphatic rings. The summed E-state index contributed by atoms with van der Waals surface area (Å²) in [5.74, 6) is 0.113. The predicted molar refractivity (Wildman–Crippen MR) is 65.4 cm³/mol. The first-order valence-electron chi connectivity index (χ1n) is 3.89. The van der Waals surface area contributed by atoms with Gasteiger partial charge < -0.3 is 5.73 Å². The summed E-state index contributed by atoms with van der Waals surface area (Å²) < 4.78 is 22.6. The summed E-state index contributed by atoms with van der Waals surface area (Å²) in [4.78, 5) is 3.81. The molecule has 1 aromatic rings. The molecule has 0 aliphatic carbocycles. The Balaban J connectivity index is 0. The Morgan fingerprint density at radius 3 is 2.40 bits per heavy atom. The highest BCUT2D eigenvalue weighted by Crippen LogP contribution is 2.15. The summed E-state index contributed by atoms with van der Waals surface area (Å²) >= 11 is 4.64. The number of nitrogen functional groups attached to an aromatic ring is 1. The van der Waals surface area contributed by atoms with Gasteiger partial charge in [-0.3, -0.25) is 0 Å². The minimum Gasteiger partial charge on any atom is -0.383 e. The van der Waals surface area contributed by atoms with Gasteiger partial charge in [-0.05, 0) is 12.1 Å². The zero-order valence-corrected chi connectivity index (χ0v) is 10.9. The molecule has 0 saturated heterocycles. The Morgan fingerprint density at radius 1 is 1.47 bits per heavy atom. The highest BCUT2D eigenvalue weighted by atomic mass is 35.5. The molecule has 0 amide bonds. The van der Waals surface area contributed by atoms with Gasteiger partial charge in [0.05, 0.1) is 5.75 Å². The number of hydrogen-bond acceptors (Lipinski definition) is 4. The van der Waals surface area contributed by atoms with Crippen LogP contribution < -0.4 is 5.73 Å². The standard InChI is InChI=1S/C7H10N2O2S.CH3Cl.ClH/c1-2-12(10,11)6-4-3-5-9-7(6)8;1-2;/h3-5H,2H2,1H3,(H2,8,9);1H3;1H. The quantitative estimate of drug-likeness (QED) is 0.833. The molecule has 0 unspecified atom stereocenters. The highest BCUT2D eigenvalue weighted by molar-refractivity contribution is 7.91. The highest BCUT2D eigenvalue weighted by Gasteiger charge is 2.14. The number of rotatable bonds is 2. The van der Waals surface area contributed by atoms with Crippen LogP contribution in [0.3, 0.4) is 0 Å². The predicted octanol–water partition coefficient (Wildman–Crippen LogP) is 1.73. The molecule has 4 nitrogen and oxygen atoms in total. The first-order valence-corrected chi connectivity index (χ1v) is 6.30. The SMILES string of the molecule is CCS(=O)(=O)c1cccnc1N.CCl.Cl. The molecule has 0 aromatic carbocycles. The molecule has 1 aromatic heterocycles. The lowest BCUT2D eigenvalue weighted by Crippen LogP contribution is -2.07. The van der Waals surface area contributed by atoms with Gasteiger partial charge in [0, 0.05) is 12.6 Å². The molecular formula is C8H14Cl2N2O2S. The van der Waals surface area contributed by atoms with E-state index in [9.17, 15) is 8.42 Å². The van der Waals surface area contributed by atoms with Crippen molar-refractivity contribution < 1.29 is 8.42 Å². The maximum Gasteiger partial charge on any atom is 0.181 e. The molecular weight excluding hydrogens is 259 g/mol. The molecule has 1 heterocycles. The number of aromatic nitrogens is 1. The average molecular weight is 273 g/mol. The van der Waals surface area contributed by atoms with Crippen LogP contribution >= 0.6 is 24.0 Å². The lowest BCUT2D eigenvalue weighted by molar-refractivity contribution is 0.597. The first kappa shape index (κ1) is 16.9. The Bertz CT molecular complexity index is 382. The second-order valence-corrected chi connectivity index (χ2v) is 4.54. The van der Waals surface area contributed by atoms with Gasteiger partial charge in [0.2, 0.25) is 0 Å². The monoisotopic (exact) mass is 272 g/mol. The van der Waals surface area contributed by atoms with Gasteiger partial charge in [0.15, 0.2) is 9.84 Å². The molecule has 88 valence electrons. The van der Waals surface area contributed by atoms with Crippen LogP contribution in [0, 0.1) is 0 Å². The number of halogens is 2. The van der Waals surface area contributed by atoms with Crippen molar-refractivity contribution in [2.45, 2.75) is 11.8 Å². The van der Waals surface area contributed by atoms with Gasteiger partial charge in [0.25, 0.3) is 0 Å². The number of alkyl halides is 1. The van der Waals surface area contributed by atoms with E-state index >= 15 is 0 Å². The molecule has 0 bridgehead atoms. The Morgan fingerprint density at radius 2 is 2.00 bits per heavy atom. The average Bonchev–Trinajstić information content (AvgIpc) is 2.21. The molecule has 2 N–H and O–H groups in total. The molecule has 0 spiro atoms. The second kappa shape index (κ2) is 7.73. The van der Waals surface area contributed by atoms with E-state index in [0.717, 1.165) is 0 Å². The summed E-state index contributed by atoms with van der Waals surface area (Å²) in [6, 6.07) is 3.01. The Labute approximate surface area is 101 Å². The number of sulfone groups is 1. The summed E-state index contributed by atoms with van der Waals surface area (Å²) in [7, 11) is -3.22. The Hall–Kier alpha value is -0.520. The third-order valence-corrected chi connectivity index (χ3v) is 3.29. The number of nitrogens with zero attached hydrogens (tertiary/aromatic N) is 1. The summed E-state index contributed by atoms with van der Waals surface area (Å²) in [5.41, 5.74) is 5.39. The van der Waals surface area contributed by atoms with Crippen molar-refractivity contribution in [2.24, 2.45) is 0 Å². The number of nitrogens with two attached hydrogens (primary N) is 1.